The van der Waals surface area contributed by atoms with Gasteiger partial charge in [-0.05, 0) is 43.5 Å². The molecule has 2 N–H and O–H groups in total. The molecule has 0 amide bonds. The van der Waals surface area contributed by atoms with Gasteiger partial charge in [-0.3, -0.25) is 4.79 Å². The van der Waals surface area contributed by atoms with E-state index >= 15 is 0 Å². The van der Waals surface area contributed by atoms with Gasteiger partial charge in [-0.1, -0.05) is 25.5 Å². The van der Waals surface area contributed by atoms with Crippen LogP contribution in [0, 0.1) is 0 Å². The van der Waals surface area contributed by atoms with Crippen molar-refractivity contribution >= 4 is 5.97 Å². The average Bonchev–Trinajstić information content (AvgIpc) is 2.44. The normalized spacial score (nSPS) is 10.4. The highest BCUT2D eigenvalue weighted by Crippen LogP contribution is 2.13. The van der Waals surface area contributed by atoms with Crippen LogP contribution in [0.3, 0.4) is 0 Å². The van der Waals surface area contributed by atoms with E-state index < -0.39 is 5.97 Å². The quantitative estimate of drug-likeness (QED) is 0.611. The summed E-state index contributed by atoms with van der Waals surface area (Å²) in [6.07, 6.45) is 4.02. The molecular weight excluding hydrogens is 254 g/mol. The van der Waals surface area contributed by atoms with E-state index in [2.05, 4.69) is 24.4 Å². The number of rotatable bonds is 11. The molecule has 4 heteroatoms. The average molecular weight is 279 g/mol. The molecule has 112 valence electrons. The van der Waals surface area contributed by atoms with Crippen molar-refractivity contribution in [2.45, 2.75) is 45.6 Å². The summed E-state index contributed by atoms with van der Waals surface area (Å²) >= 11 is 0. The molecule has 0 radical (unpaired) electrons. The van der Waals surface area contributed by atoms with Gasteiger partial charge in [0.2, 0.25) is 0 Å². The minimum atomic E-state index is -0.707. The van der Waals surface area contributed by atoms with Gasteiger partial charge in [0.25, 0.3) is 0 Å². The number of nitrogens with one attached hydrogen (secondary N) is 1. The van der Waals surface area contributed by atoms with Crippen molar-refractivity contribution in [1.82, 2.24) is 5.32 Å². The fourth-order valence-corrected chi connectivity index (χ4v) is 1.90. The lowest BCUT2D eigenvalue weighted by molar-refractivity contribution is -0.137. The van der Waals surface area contributed by atoms with Crippen LogP contribution in [0.5, 0.6) is 5.75 Å². The molecule has 0 saturated carbocycles. The van der Waals surface area contributed by atoms with Crippen molar-refractivity contribution in [3.63, 3.8) is 0 Å². The van der Waals surface area contributed by atoms with Gasteiger partial charge in [0.15, 0.2) is 0 Å². The van der Waals surface area contributed by atoms with Gasteiger partial charge in [0, 0.05) is 13.0 Å². The number of carboxylic acid groups (broad SMARTS) is 1. The second-order valence-corrected chi connectivity index (χ2v) is 4.88. The van der Waals surface area contributed by atoms with E-state index in [0.717, 1.165) is 51.1 Å². The summed E-state index contributed by atoms with van der Waals surface area (Å²) in [6.45, 7) is 4.58. The van der Waals surface area contributed by atoms with Gasteiger partial charge in [-0.2, -0.15) is 0 Å². The van der Waals surface area contributed by atoms with Crippen LogP contribution in [0.1, 0.15) is 44.6 Å². The predicted octanol–water partition coefficient (Wildman–Crippen LogP) is 3.21. The van der Waals surface area contributed by atoms with Gasteiger partial charge >= 0.3 is 5.97 Å². The molecule has 0 saturated heterocycles. The second kappa shape index (κ2) is 10.3. The Labute approximate surface area is 121 Å². The zero-order valence-electron chi connectivity index (χ0n) is 12.2. The second-order valence-electron chi connectivity index (χ2n) is 4.88. The van der Waals surface area contributed by atoms with Crippen LogP contribution in [0.25, 0.3) is 0 Å². The summed E-state index contributed by atoms with van der Waals surface area (Å²) < 4.78 is 5.59. The third-order valence-corrected chi connectivity index (χ3v) is 2.94. The SMILES string of the molecule is CCCOc1cccc(CNCCCCCC(=O)O)c1. The lowest BCUT2D eigenvalue weighted by atomic mass is 10.2. The molecule has 0 aliphatic heterocycles. The van der Waals surface area contributed by atoms with E-state index in [1.807, 2.05) is 12.1 Å². The fraction of sp³-hybridized carbons (Fsp3) is 0.562. The van der Waals surface area contributed by atoms with Gasteiger partial charge in [-0.25, -0.2) is 0 Å². The Morgan fingerprint density at radius 1 is 1.30 bits per heavy atom. The number of hydrogen-bond acceptors (Lipinski definition) is 3. The van der Waals surface area contributed by atoms with Crippen molar-refractivity contribution in [3.8, 4) is 5.75 Å². The van der Waals surface area contributed by atoms with Crippen LogP contribution in [-0.4, -0.2) is 24.2 Å². The number of carbonyl (C=O) groups is 1. The molecule has 4 nitrogen and oxygen atoms in total. The topological polar surface area (TPSA) is 58.6 Å². The highest BCUT2D eigenvalue weighted by molar-refractivity contribution is 5.66. The number of ether oxygens (including phenoxy) is 1. The standard InChI is InChI=1S/C16H25NO3/c1-2-11-20-15-8-6-7-14(12-15)13-17-10-5-3-4-9-16(18)19/h6-8,12,17H,2-5,9-11,13H2,1H3,(H,18,19). The van der Waals surface area contributed by atoms with Crippen LogP contribution < -0.4 is 10.1 Å². The van der Waals surface area contributed by atoms with E-state index in [1.165, 1.54) is 5.56 Å². The van der Waals surface area contributed by atoms with Crippen molar-refractivity contribution in [2.75, 3.05) is 13.2 Å². The van der Waals surface area contributed by atoms with Gasteiger partial charge in [-0.15, -0.1) is 0 Å². The lowest BCUT2D eigenvalue weighted by Gasteiger charge is -2.08. The predicted molar refractivity (Wildman–Crippen MR) is 80.0 cm³/mol. The first-order valence-corrected chi connectivity index (χ1v) is 7.36. The molecule has 0 spiro atoms. The van der Waals surface area contributed by atoms with E-state index in [-0.39, 0.29) is 6.42 Å². The highest BCUT2D eigenvalue weighted by atomic mass is 16.5. The molecule has 1 aromatic rings. The highest BCUT2D eigenvalue weighted by Gasteiger charge is 1.98. The maximum atomic E-state index is 10.4. The number of unbranched alkanes of at least 4 members (excludes halogenated alkanes) is 2. The largest absolute Gasteiger partial charge is 0.494 e. The summed E-state index contributed by atoms with van der Waals surface area (Å²) in [4.78, 5) is 10.4. The fourth-order valence-electron chi connectivity index (χ4n) is 1.90. The molecular formula is C16H25NO3. The molecule has 0 bridgehead atoms. The monoisotopic (exact) mass is 279 g/mol. The Hall–Kier alpha value is -1.55. The van der Waals surface area contributed by atoms with Gasteiger partial charge in [0.1, 0.15) is 5.75 Å². The van der Waals surface area contributed by atoms with Crippen LogP contribution in [0.4, 0.5) is 0 Å². The Bertz CT molecular complexity index is 393. The van der Waals surface area contributed by atoms with Crippen LogP contribution in [0.15, 0.2) is 24.3 Å². The van der Waals surface area contributed by atoms with Crippen LogP contribution in [0.2, 0.25) is 0 Å². The first kappa shape index (κ1) is 16.5. The summed E-state index contributed by atoms with van der Waals surface area (Å²) in [5, 5.41) is 11.9. The molecule has 0 fully saturated rings. The summed E-state index contributed by atoms with van der Waals surface area (Å²) in [5.41, 5.74) is 1.21. The Morgan fingerprint density at radius 2 is 2.15 bits per heavy atom. The van der Waals surface area contributed by atoms with Crippen LogP contribution >= 0.6 is 0 Å². The van der Waals surface area contributed by atoms with Crippen LogP contribution in [-0.2, 0) is 11.3 Å². The third kappa shape index (κ3) is 7.79. The zero-order chi connectivity index (χ0) is 14.6. The molecule has 20 heavy (non-hydrogen) atoms. The zero-order valence-corrected chi connectivity index (χ0v) is 12.2. The summed E-state index contributed by atoms with van der Waals surface area (Å²) in [7, 11) is 0. The number of carboxylic acids is 1. The van der Waals surface area contributed by atoms with Crippen molar-refractivity contribution in [3.05, 3.63) is 29.8 Å². The summed E-state index contributed by atoms with van der Waals surface area (Å²) in [5.74, 6) is 0.217. The van der Waals surface area contributed by atoms with Crippen molar-refractivity contribution < 1.29 is 14.6 Å². The number of hydrogen-bond donors (Lipinski definition) is 2. The van der Waals surface area contributed by atoms with Gasteiger partial charge < -0.3 is 15.2 Å². The van der Waals surface area contributed by atoms with E-state index in [0.29, 0.717) is 0 Å². The minimum absolute atomic E-state index is 0.275. The number of benzene rings is 1. The smallest absolute Gasteiger partial charge is 0.303 e. The molecule has 0 unspecified atom stereocenters. The number of aliphatic carboxylic acids is 1. The Morgan fingerprint density at radius 3 is 2.90 bits per heavy atom. The minimum Gasteiger partial charge on any atom is -0.494 e. The van der Waals surface area contributed by atoms with Crippen molar-refractivity contribution in [1.29, 1.82) is 0 Å². The Kier molecular flexibility index (Phi) is 8.47. The molecule has 1 aromatic carbocycles. The molecule has 0 heterocycles. The third-order valence-electron chi connectivity index (χ3n) is 2.94. The molecule has 0 aliphatic carbocycles. The molecule has 0 aromatic heterocycles. The first-order valence-electron chi connectivity index (χ1n) is 7.36. The maximum absolute atomic E-state index is 10.4. The van der Waals surface area contributed by atoms with E-state index in [4.69, 9.17) is 9.84 Å². The van der Waals surface area contributed by atoms with Gasteiger partial charge in [0.05, 0.1) is 6.61 Å². The molecule has 0 atom stereocenters. The summed E-state index contributed by atoms with van der Waals surface area (Å²) in [6, 6.07) is 8.13. The Balaban J connectivity index is 2.13. The molecule has 0 aliphatic rings. The van der Waals surface area contributed by atoms with Crippen molar-refractivity contribution in [2.24, 2.45) is 0 Å². The lowest BCUT2D eigenvalue weighted by Crippen LogP contribution is -2.14. The first-order chi connectivity index (χ1) is 9.72. The van der Waals surface area contributed by atoms with E-state index in [1.54, 1.807) is 0 Å². The molecule has 1 rings (SSSR count). The maximum Gasteiger partial charge on any atom is 0.303 e. The van der Waals surface area contributed by atoms with E-state index in [9.17, 15) is 4.79 Å².